The van der Waals surface area contributed by atoms with Crippen molar-refractivity contribution < 1.29 is 13.2 Å². The molecule has 0 radical (unpaired) electrons. The lowest BCUT2D eigenvalue weighted by Gasteiger charge is -2.34. The summed E-state index contributed by atoms with van der Waals surface area (Å²) in [4.78, 5) is 12.5. The lowest BCUT2D eigenvalue weighted by Crippen LogP contribution is -2.55. The van der Waals surface area contributed by atoms with Gasteiger partial charge in [0.05, 0.1) is 0 Å². The Hall–Kier alpha value is -0.630. The van der Waals surface area contributed by atoms with Gasteiger partial charge >= 0.3 is 0 Å². The molecule has 118 valence electrons. The molecule has 2 N–H and O–H groups in total. The highest BCUT2D eigenvalue weighted by atomic mass is 79.9. The molecule has 1 saturated heterocycles. The lowest BCUT2D eigenvalue weighted by atomic mass is 9.95. The Morgan fingerprint density at radius 3 is 2.24 bits per heavy atom. The average Bonchev–Trinajstić information content (AvgIpc) is 2.41. The summed E-state index contributed by atoms with van der Waals surface area (Å²) in [5.74, 6) is -0.441. The van der Waals surface area contributed by atoms with Crippen molar-refractivity contribution in [2.45, 2.75) is 17.6 Å². The van der Waals surface area contributed by atoms with Gasteiger partial charge in [0.2, 0.25) is 5.91 Å². The number of carbonyl (C=O) groups excluding carboxylic acids is 1. The van der Waals surface area contributed by atoms with Gasteiger partial charge in [-0.1, -0.05) is 15.9 Å². The lowest BCUT2D eigenvalue weighted by molar-refractivity contribution is -0.119. The number of carbonyl (C=O) groups is 1. The normalized spacial score (nSPS) is 17.6. The van der Waals surface area contributed by atoms with E-state index in [4.69, 9.17) is 0 Å². The number of anilines is 1. The molecule has 1 aliphatic rings. The molecule has 0 aromatic heterocycles. The van der Waals surface area contributed by atoms with E-state index in [2.05, 4.69) is 26.6 Å². The molecule has 0 saturated carbocycles. The molecule has 1 amide bonds. The number of rotatable bonds is 3. The molecule has 1 heterocycles. The molecule has 0 atom stereocenters. The van der Waals surface area contributed by atoms with Crippen molar-refractivity contribution in [3.05, 3.63) is 28.7 Å². The monoisotopic (exact) mass is 396 g/mol. The zero-order valence-corrected chi connectivity index (χ0v) is 14.8. The highest BCUT2D eigenvalue weighted by Gasteiger charge is 2.48. The fraction of sp³-hybridized carbons (Fsp3) is 0.462. The van der Waals surface area contributed by atoms with Gasteiger partial charge < -0.3 is 10.6 Å². The molecule has 0 aliphatic carbocycles. The first kappa shape index (κ1) is 18.4. The molecule has 1 fully saturated rings. The summed E-state index contributed by atoms with van der Waals surface area (Å²) in [7, 11) is -3.48. The number of benzene rings is 1. The van der Waals surface area contributed by atoms with Crippen LogP contribution in [-0.2, 0) is 14.6 Å². The largest absolute Gasteiger partial charge is 0.325 e. The Labute approximate surface area is 139 Å². The number of nitrogens with one attached hydrogen (secondary N) is 2. The maximum atomic E-state index is 12.5. The van der Waals surface area contributed by atoms with Crippen LogP contribution in [0.3, 0.4) is 0 Å². The third-order valence-corrected chi connectivity index (χ3v) is 6.18. The predicted octanol–water partition coefficient (Wildman–Crippen LogP) is 1.98. The van der Waals surface area contributed by atoms with E-state index in [0.717, 1.165) is 10.7 Å². The first-order valence-electron chi connectivity index (χ1n) is 6.32. The average molecular weight is 398 g/mol. The SMILES string of the molecule is CS(=O)(=O)C1(C(=O)Nc2ccc(Br)cc2)CCNCC1.Cl. The standard InChI is InChI=1S/C13H17BrN2O3S.ClH/c1-20(18,19)13(6-8-15-9-7-13)12(17)16-11-4-2-10(14)3-5-11;/h2-5,15H,6-9H2,1H3,(H,16,17);1H. The van der Waals surface area contributed by atoms with Crippen LogP contribution in [0.15, 0.2) is 28.7 Å². The fourth-order valence-corrected chi connectivity index (χ4v) is 3.97. The van der Waals surface area contributed by atoms with Gasteiger partial charge in [-0.15, -0.1) is 12.4 Å². The van der Waals surface area contributed by atoms with Crippen molar-refractivity contribution in [1.82, 2.24) is 5.32 Å². The van der Waals surface area contributed by atoms with E-state index in [-0.39, 0.29) is 12.4 Å². The van der Waals surface area contributed by atoms with Gasteiger partial charge in [0, 0.05) is 16.4 Å². The van der Waals surface area contributed by atoms with Crippen LogP contribution in [0.1, 0.15) is 12.8 Å². The Bertz CT molecular complexity index is 598. The van der Waals surface area contributed by atoms with Crippen LogP contribution in [0.4, 0.5) is 5.69 Å². The molecule has 5 nitrogen and oxygen atoms in total. The van der Waals surface area contributed by atoms with Crippen molar-refractivity contribution in [3.63, 3.8) is 0 Å². The van der Waals surface area contributed by atoms with Crippen LogP contribution in [0.5, 0.6) is 0 Å². The van der Waals surface area contributed by atoms with Gasteiger partial charge in [-0.2, -0.15) is 0 Å². The van der Waals surface area contributed by atoms with Crippen molar-refractivity contribution in [2.75, 3.05) is 24.7 Å². The van der Waals surface area contributed by atoms with Gasteiger partial charge in [0.25, 0.3) is 0 Å². The molecule has 1 aliphatic heterocycles. The van der Waals surface area contributed by atoms with Crippen molar-refractivity contribution in [1.29, 1.82) is 0 Å². The second kappa shape index (κ2) is 7.09. The van der Waals surface area contributed by atoms with E-state index in [1.807, 2.05) is 0 Å². The van der Waals surface area contributed by atoms with Crippen LogP contribution >= 0.6 is 28.3 Å². The molecule has 0 spiro atoms. The number of piperidine rings is 1. The Morgan fingerprint density at radius 1 is 1.24 bits per heavy atom. The molecular weight excluding hydrogens is 380 g/mol. The summed E-state index contributed by atoms with van der Waals surface area (Å²) in [6.45, 7) is 1.06. The predicted molar refractivity (Wildman–Crippen MR) is 89.7 cm³/mol. The topological polar surface area (TPSA) is 75.3 Å². The van der Waals surface area contributed by atoms with E-state index >= 15 is 0 Å². The van der Waals surface area contributed by atoms with E-state index in [0.29, 0.717) is 31.6 Å². The maximum Gasteiger partial charge on any atom is 0.245 e. The van der Waals surface area contributed by atoms with Crippen LogP contribution < -0.4 is 10.6 Å². The highest BCUT2D eigenvalue weighted by molar-refractivity contribution is 9.10. The van der Waals surface area contributed by atoms with E-state index in [1.54, 1.807) is 24.3 Å². The summed E-state index contributed by atoms with van der Waals surface area (Å²) < 4.78 is 23.8. The second-order valence-electron chi connectivity index (χ2n) is 4.98. The zero-order valence-electron chi connectivity index (χ0n) is 11.6. The number of amides is 1. The maximum absolute atomic E-state index is 12.5. The minimum atomic E-state index is -3.48. The number of halogens is 2. The van der Waals surface area contributed by atoms with E-state index in [1.165, 1.54) is 0 Å². The molecule has 8 heteroatoms. The summed E-state index contributed by atoms with van der Waals surface area (Å²) in [6, 6.07) is 7.06. The van der Waals surface area contributed by atoms with Crippen molar-refractivity contribution >= 4 is 49.8 Å². The number of sulfone groups is 1. The summed E-state index contributed by atoms with van der Waals surface area (Å²) in [5.41, 5.74) is 0.597. The zero-order chi connectivity index (χ0) is 14.8. The summed E-state index contributed by atoms with van der Waals surface area (Å²) in [6.07, 6.45) is 1.74. The number of hydrogen-bond acceptors (Lipinski definition) is 4. The molecule has 1 aromatic carbocycles. The smallest absolute Gasteiger partial charge is 0.245 e. The Morgan fingerprint density at radius 2 is 1.76 bits per heavy atom. The van der Waals surface area contributed by atoms with Crippen LogP contribution in [-0.4, -0.2) is 38.4 Å². The number of hydrogen-bond donors (Lipinski definition) is 2. The van der Waals surface area contributed by atoms with Gasteiger partial charge in [-0.25, -0.2) is 8.42 Å². The molecule has 2 rings (SSSR count). The molecule has 0 bridgehead atoms. The van der Waals surface area contributed by atoms with Gasteiger partial charge in [0.1, 0.15) is 0 Å². The quantitative estimate of drug-likeness (QED) is 0.818. The van der Waals surface area contributed by atoms with Crippen LogP contribution in [0.25, 0.3) is 0 Å². The first-order valence-corrected chi connectivity index (χ1v) is 9.01. The second-order valence-corrected chi connectivity index (χ2v) is 8.22. The summed E-state index contributed by atoms with van der Waals surface area (Å²) >= 11 is 3.31. The van der Waals surface area contributed by atoms with Gasteiger partial charge in [0.15, 0.2) is 14.6 Å². The minimum Gasteiger partial charge on any atom is -0.325 e. The summed E-state index contributed by atoms with van der Waals surface area (Å²) in [5, 5.41) is 5.81. The first-order chi connectivity index (χ1) is 9.35. The van der Waals surface area contributed by atoms with Crippen molar-refractivity contribution in [3.8, 4) is 0 Å². The minimum absolute atomic E-state index is 0. The Balaban J connectivity index is 0.00000220. The fourth-order valence-electron chi connectivity index (χ4n) is 2.38. The third-order valence-electron chi connectivity index (χ3n) is 3.64. The van der Waals surface area contributed by atoms with Crippen LogP contribution in [0.2, 0.25) is 0 Å². The molecule has 21 heavy (non-hydrogen) atoms. The third kappa shape index (κ3) is 3.97. The molecule has 1 aromatic rings. The van der Waals surface area contributed by atoms with Crippen molar-refractivity contribution in [2.24, 2.45) is 0 Å². The molecule has 0 unspecified atom stereocenters. The van der Waals surface area contributed by atoms with Gasteiger partial charge in [-0.05, 0) is 50.2 Å². The van der Waals surface area contributed by atoms with Gasteiger partial charge in [-0.3, -0.25) is 4.79 Å². The van der Waals surface area contributed by atoms with E-state index < -0.39 is 20.5 Å². The van der Waals surface area contributed by atoms with Crippen LogP contribution in [0, 0.1) is 0 Å². The van der Waals surface area contributed by atoms with E-state index in [9.17, 15) is 13.2 Å². The Kier molecular flexibility index (Phi) is 6.22. The molecular formula is C13H18BrClN2O3S. The highest BCUT2D eigenvalue weighted by Crippen LogP contribution is 2.29.